The van der Waals surface area contributed by atoms with E-state index < -0.39 is 0 Å². The van der Waals surface area contributed by atoms with E-state index in [0.29, 0.717) is 6.42 Å². The predicted molar refractivity (Wildman–Crippen MR) is 97.4 cm³/mol. The summed E-state index contributed by atoms with van der Waals surface area (Å²) in [6, 6.07) is 0. The van der Waals surface area contributed by atoms with E-state index >= 15 is 0 Å². The van der Waals surface area contributed by atoms with Crippen molar-refractivity contribution in [1.29, 1.82) is 0 Å². The van der Waals surface area contributed by atoms with Gasteiger partial charge in [0.05, 0.1) is 6.10 Å². The van der Waals surface area contributed by atoms with Gasteiger partial charge in [-0.3, -0.25) is 4.79 Å². The molecule has 1 aliphatic rings. The lowest BCUT2D eigenvalue weighted by Crippen LogP contribution is -2.06. The summed E-state index contributed by atoms with van der Waals surface area (Å²) >= 11 is 0. The number of hydrogen-bond acceptors (Lipinski definition) is 3. The molecule has 3 nitrogen and oxygen atoms in total. The smallest absolute Gasteiger partial charge is 0.306 e. The highest BCUT2D eigenvalue weighted by molar-refractivity contribution is 5.71. The van der Waals surface area contributed by atoms with Gasteiger partial charge >= 0.3 is 5.97 Å². The largest absolute Gasteiger partial charge is 0.462 e. The first kappa shape index (κ1) is 21.9. The van der Waals surface area contributed by atoms with Crippen molar-refractivity contribution in [1.82, 2.24) is 0 Å². The number of hydrogen-bond donors (Lipinski definition) is 1. The Labute approximate surface area is 142 Å². The third-order valence-corrected chi connectivity index (χ3v) is 3.90. The number of allylic oxidation sites excluding steroid dienone is 2. The number of cyclic esters (lactones) is 1. The van der Waals surface area contributed by atoms with E-state index in [2.05, 4.69) is 32.6 Å². The Morgan fingerprint density at radius 3 is 2.57 bits per heavy atom. The summed E-state index contributed by atoms with van der Waals surface area (Å²) in [5.41, 5.74) is 0. The maximum Gasteiger partial charge on any atom is 0.306 e. The molecule has 0 aliphatic carbocycles. The molecule has 0 aromatic heterocycles. The van der Waals surface area contributed by atoms with Gasteiger partial charge in [-0.2, -0.15) is 0 Å². The molecule has 1 aliphatic heterocycles. The zero-order valence-corrected chi connectivity index (χ0v) is 15.1. The summed E-state index contributed by atoms with van der Waals surface area (Å²) in [6.45, 7) is 7.80. The molecule has 0 radical (unpaired) electrons. The molecular weight excluding hydrogens is 288 g/mol. The quantitative estimate of drug-likeness (QED) is 0.317. The first-order valence-electron chi connectivity index (χ1n) is 9.29. The van der Waals surface area contributed by atoms with Gasteiger partial charge in [0.25, 0.3) is 0 Å². The summed E-state index contributed by atoms with van der Waals surface area (Å²) in [5.74, 6) is -0.00134. The summed E-state index contributed by atoms with van der Waals surface area (Å²) in [6.07, 6.45) is 17.6. The third kappa shape index (κ3) is 14.2. The van der Waals surface area contributed by atoms with Crippen LogP contribution in [0.5, 0.6) is 0 Å². The van der Waals surface area contributed by atoms with Crippen molar-refractivity contribution < 1.29 is 14.6 Å². The number of carbonyl (C=O) groups is 1. The number of carbonyl (C=O) groups excluding carboxylic acids is 1. The van der Waals surface area contributed by atoms with Gasteiger partial charge in [-0.1, -0.05) is 57.8 Å². The molecule has 0 amide bonds. The second-order valence-electron chi connectivity index (χ2n) is 6.11. The molecule has 1 rings (SSSR count). The second-order valence-corrected chi connectivity index (χ2v) is 6.11. The van der Waals surface area contributed by atoms with Crippen LogP contribution < -0.4 is 0 Å². The summed E-state index contributed by atoms with van der Waals surface area (Å²) in [4.78, 5) is 10.8. The molecule has 0 bridgehead atoms. The van der Waals surface area contributed by atoms with Crippen molar-refractivity contribution in [3.63, 3.8) is 0 Å². The molecule has 0 aromatic carbocycles. The number of aliphatic hydroxyl groups excluding tert-OH is 1. The molecule has 2 atom stereocenters. The summed E-state index contributed by atoms with van der Waals surface area (Å²) < 4.78 is 5.13. The van der Waals surface area contributed by atoms with Gasteiger partial charge in [-0.15, -0.1) is 6.58 Å². The van der Waals surface area contributed by atoms with Gasteiger partial charge in [0, 0.05) is 6.42 Å². The van der Waals surface area contributed by atoms with Crippen molar-refractivity contribution in [3.05, 3.63) is 24.8 Å². The SMILES string of the molecule is C=CC(O)CCC=CCC.CCCCCCCC1CCC(=O)O1. The fourth-order valence-electron chi connectivity index (χ4n) is 2.43. The van der Waals surface area contributed by atoms with E-state index in [1.165, 1.54) is 32.1 Å². The Kier molecular flexibility index (Phi) is 15.0. The van der Waals surface area contributed by atoms with E-state index in [-0.39, 0.29) is 18.2 Å². The standard InChI is InChI=1S/C11H20O2.C9H16O/c1-2-3-4-5-6-7-10-8-9-11(12)13-10;1-3-5-6-7-8-9(10)4-2/h10H,2-9H2,1H3;4-6,9-10H,2-3,7-8H2,1H3. The van der Waals surface area contributed by atoms with E-state index in [0.717, 1.165) is 32.1 Å². The Morgan fingerprint density at radius 2 is 2.00 bits per heavy atom. The van der Waals surface area contributed by atoms with Crippen molar-refractivity contribution in [2.24, 2.45) is 0 Å². The van der Waals surface area contributed by atoms with Crippen LogP contribution in [0.4, 0.5) is 0 Å². The molecule has 2 unspecified atom stereocenters. The van der Waals surface area contributed by atoms with Crippen LogP contribution in [0.25, 0.3) is 0 Å². The van der Waals surface area contributed by atoms with Crippen molar-refractivity contribution >= 4 is 5.97 Å². The van der Waals surface area contributed by atoms with Crippen LogP contribution in [0, 0.1) is 0 Å². The number of ether oxygens (including phenoxy) is 1. The highest BCUT2D eigenvalue weighted by atomic mass is 16.5. The van der Waals surface area contributed by atoms with Gasteiger partial charge in [-0.25, -0.2) is 0 Å². The normalized spacial score (nSPS) is 18.4. The Morgan fingerprint density at radius 1 is 1.26 bits per heavy atom. The second kappa shape index (κ2) is 15.8. The first-order valence-corrected chi connectivity index (χ1v) is 9.29. The molecule has 134 valence electrons. The van der Waals surface area contributed by atoms with Crippen LogP contribution in [0.3, 0.4) is 0 Å². The number of unbranched alkanes of at least 4 members (excludes halogenated alkanes) is 4. The van der Waals surface area contributed by atoms with E-state index in [1.54, 1.807) is 6.08 Å². The maximum atomic E-state index is 10.8. The predicted octanol–water partition coefficient (Wildman–Crippen LogP) is 5.33. The van der Waals surface area contributed by atoms with Gasteiger partial charge in [0.1, 0.15) is 6.10 Å². The molecular formula is C20H36O3. The molecule has 1 saturated heterocycles. The van der Waals surface area contributed by atoms with Crippen LogP contribution in [-0.4, -0.2) is 23.3 Å². The number of rotatable bonds is 11. The topological polar surface area (TPSA) is 46.5 Å². The lowest BCUT2D eigenvalue weighted by molar-refractivity contribution is -0.141. The van der Waals surface area contributed by atoms with Crippen LogP contribution in [0.2, 0.25) is 0 Å². The first-order chi connectivity index (χ1) is 11.1. The molecule has 0 aromatic rings. The summed E-state index contributed by atoms with van der Waals surface area (Å²) in [7, 11) is 0. The minimum Gasteiger partial charge on any atom is -0.462 e. The number of aliphatic hydroxyl groups is 1. The molecule has 1 fully saturated rings. The Balaban J connectivity index is 0.000000438. The molecule has 1 N–H and O–H groups in total. The molecule has 23 heavy (non-hydrogen) atoms. The van der Waals surface area contributed by atoms with Gasteiger partial charge < -0.3 is 9.84 Å². The fraction of sp³-hybridized carbons (Fsp3) is 0.750. The van der Waals surface area contributed by atoms with Gasteiger partial charge in [-0.05, 0) is 38.5 Å². The summed E-state index contributed by atoms with van der Waals surface area (Å²) in [5, 5.41) is 9.01. The highest BCUT2D eigenvalue weighted by Gasteiger charge is 2.22. The van der Waals surface area contributed by atoms with Crippen molar-refractivity contribution in [2.45, 2.75) is 96.7 Å². The zero-order chi connectivity index (χ0) is 17.3. The van der Waals surface area contributed by atoms with Crippen LogP contribution in [0.15, 0.2) is 24.8 Å². The molecule has 0 spiro atoms. The van der Waals surface area contributed by atoms with Crippen LogP contribution >= 0.6 is 0 Å². The average molecular weight is 325 g/mol. The van der Waals surface area contributed by atoms with Gasteiger partial charge in [0.2, 0.25) is 0 Å². The van der Waals surface area contributed by atoms with Crippen LogP contribution in [-0.2, 0) is 9.53 Å². The minimum atomic E-state index is -0.332. The average Bonchev–Trinajstić information content (AvgIpc) is 2.97. The monoisotopic (exact) mass is 324 g/mol. The van der Waals surface area contributed by atoms with Gasteiger partial charge in [0.15, 0.2) is 0 Å². The van der Waals surface area contributed by atoms with E-state index in [1.807, 2.05) is 0 Å². The Hall–Kier alpha value is -1.09. The van der Waals surface area contributed by atoms with Crippen molar-refractivity contribution in [2.75, 3.05) is 0 Å². The Bertz CT molecular complexity index is 323. The number of esters is 1. The lowest BCUT2D eigenvalue weighted by Gasteiger charge is -2.07. The van der Waals surface area contributed by atoms with Crippen LogP contribution in [0.1, 0.15) is 84.5 Å². The minimum absolute atomic E-state index is 0.00134. The van der Waals surface area contributed by atoms with E-state index in [9.17, 15) is 4.79 Å². The third-order valence-electron chi connectivity index (χ3n) is 3.90. The lowest BCUT2D eigenvalue weighted by atomic mass is 10.1. The molecule has 3 heteroatoms. The van der Waals surface area contributed by atoms with Crippen molar-refractivity contribution in [3.8, 4) is 0 Å². The van der Waals surface area contributed by atoms with E-state index in [4.69, 9.17) is 9.84 Å². The highest BCUT2D eigenvalue weighted by Crippen LogP contribution is 2.19. The fourth-order valence-corrected chi connectivity index (χ4v) is 2.43. The molecule has 0 saturated carbocycles. The maximum absolute atomic E-state index is 10.8. The zero-order valence-electron chi connectivity index (χ0n) is 15.1. The molecule has 1 heterocycles.